The van der Waals surface area contributed by atoms with Gasteiger partial charge in [-0.1, -0.05) is 18.2 Å². The lowest BCUT2D eigenvalue weighted by molar-refractivity contribution is -0.132. The average molecular weight is 204 g/mol. The predicted octanol–water partition coefficient (Wildman–Crippen LogP) is 2.33. The second-order valence-electron chi connectivity index (χ2n) is 3.46. The molecule has 0 aromatic heterocycles. The Labute approximate surface area is 88.0 Å². The third-order valence-corrected chi connectivity index (χ3v) is 2.37. The summed E-state index contributed by atoms with van der Waals surface area (Å²) in [6, 6.07) is 7.48. The van der Waals surface area contributed by atoms with Gasteiger partial charge in [0.2, 0.25) is 0 Å². The van der Waals surface area contributed by atoms with Crippen LogP contribution in [-0.2, 0) is 4.79 Å². The van der Waals surface area contributed by atoms with Crippen LogP contribution in [0.3, 0.4) is 0 Å². The second-order valence-corrected chi connectivity index (χ2v) is 3.46. The fourth-order valence-corrected chi connectivity index (χ4v) is 1.60. The van der Waals surface area contributed by atoms with Crippen molar-refractivity contribution in [2.45, 2.75) is 12.8 Å². The van der Waals surface area contributed by atoms with Crippen LogP contribution >= 0.6 is 0 Å². The molecule has 3 nitrogen and oxygen atoms in total. The van der Waals surface area contributed by atoms with Crippen LogP contribution in [0.15, 0.2) is 29.8 Å². The maximum Gasteiger partial charge on any atom is 0.331 e. The first-order valence-electron chi connectivity index (χ1n) is 4.93. The van der Waals surface area contributed by atoms with E-state index >= 15 is 0 Å². The zero-order valence-corrected chi connectivity index (χ0v) is 8.27. The Kier molecular flexibility index (Phi) is 2.72. The molecule has 0 atom stereocenters. The number of aliphatic carboxylic acids is 1. The highest BCUT2D eigenvalue weighted by Gasteiger charge is 2.12. The molecule has 0 spiro atoms. The maximum absolute atomic E-state index is 10.9. The second kappa shape index (κ2) is 4.17. The molecule has 0 amide bonds. The van der Waals surface area contributed by atoms with Crippen molar-refractivity contribution >= 4 is 12.0 Å². The number of fused-ring (bicyclic) bond motifs is 1. The lowest BCUT2D eigenvalue weighted by Crippen LogP contribution is -2.07. The quantitative estimate of drug-likeness (QED) is 0.763. The molecular formula is C12H12O3. The lowest BCUT2D eigenvalue weighted by atomic mass is 10.0. The van der Waals surface area contributed by atoms with E-state index in [4.69, 9.17) is 9.84 Å². The van der Waals surface area contributed by atoms with E-state index in [1.807, 2.05) is 24.3 Å². The largest absolute Gasteiger partial charge is 0.493 e. The molecule has 1 aromatic carbocycles. The first kappa shape index (κ1) is 9.77. The molecule has 2 rings (SSSR count). The highest BCUT2D eigenvalue weighted by atomic mass is 16.5. The van der Waals surface area contributed by atoms with E-state index in [0.717, 1.165) is 17.7 Å². The molecule has 1 N–H and O–H groups in total. The monoisotopic (exact) mass is 204 g/mol. The zero-order valence-electron chi connectivity index (χ0n) is 8.27. The molecule has 15 heavy (non-hydrogen) atoms. The Balaban J connectivity index is 2.43. The van der Waals surface area contributed by atoms with Crippen LogP contribution in [0.5, 0.6) is 5.75 Å². The molecule has 0 bridgehead atoms. The Hall–Kier alpha value is -1.77. The SMILES string of the molecule is O=C(O)/C1=C/c2ccccc2OCCC1. The third kappa shape index (κ3) is 2.18. The van der Waals surface area contributed by atoms with Gasteiger partial charge in [-0.3, -0.25) is 0 Å². The average Bonchev–Trinajstić information content (AvgIpc) is 2.18. The summed E-state index contributed by atoms with van der Waals surface area (Å²) < 4.78 is 5.52. The Morgan fingerprint density at radius 3 is 2.93 bits per heavy atom. The molecule has 0 radical (unpaired) electrons. The number of carbonyl (C=O) groups is 1. The Morgan fingerprint density at radius 1 is 1.33 bits per heavy atom. The van der Waals surface area contributed by atoms with Gasteiger partial charge in [-0.15, -0.1) is 0 Å². The molecule has 3 heteroatoms. The summed E-state index contributed by atoms with van der Waals surface area (Å²) in [6.45, 7) is 0.571. The van der Waals surface area contributed by atoms with E-state index in [9.17, 15) is 4.79 Å². The Bertz CT molecular complexity index is 407. The minimum atomic E-state index is -0.841. The van der Waals surface area contributed by atoms with Crippen molar-refractivity contribution in [3.05, 3.63) is 35.4 Å². The Morgan fingerprint density at radius 2 is 2.13 bits per heavy atom. The summed E-state index contributed by atoms with van der Waals surface area (Å²) in [5.74, 6) is -0.0809. The van der Waals surface area contributed by atoms with Gasteiger partial charge in [0.15, 0.2) is 0 Å². The number of hydrogen-bond donors (Lipinski definition) is 1. The van der Waals surface area contributed by atoms with Gasteiger partial charge >= 0.3 is 5.97 Å². The standard InChI is InChI=1S/C12H12O3/c13-12(14)10-5-3-7-15-11-6-2-1-4-9(11)8-10/h1-2,4,6,8H,3,5,7H2,(H,13,14)/b10-8+. The number of benzene rings is 1. The number of carboxylic acids is 1. The molecule has 0 fully saturated rings. The highest BCUT2D eigenvalue weighted by molar-refractivity contribution is 5.92. The van der Waals surface area contributed by atoms with Crippen molar-refractivity contribution < 1.29 is 14.6 Å². The summed E-state index contributed by atoms with van der Waals surface area (Å²) in [5.41, 5.74) is 1.29. The minimum absolute atomic E-state index is 0.450. The molecule has 78 valence electrons. The van der Waals surface area contributed by atoms with Crippen molar-refractivity contribution in [1.29, 1.82) is 0 Å². The van der Waals surface area contributed by atoms with Crippen molar-refractivity contribution in [1.82, 2.24) is 0 Å². The van der Waals surface area contributed by atoms with Crippen LogP contribution < -0.4 is 4.74 Å². The van der Waals surface area contributed by atoms with E-state index in [2.05, 4.69) is 0 Å². The van der Waals surface area contributed by atoms with Gasteiger partial charge in [0.05, 0.1) is 6.61 Å². The summed E-state index contributed by atoms with van der Waals surface area (Å²) in [4.78, 5) is 10.9. The summed E-state index contributed by atoms with van der Waals surface area (Å²) in [6.07, 6.45) is 2.99. The van der Waals surface area contributed by atoms with E-state index in [-0.39, 0.29) is 0 Å². The van der Waals surface area contributed by atoms with Crippen LogP contribution in [0.1, 0.15) is 18.4 Å². The van der Waals surface area contributed by atoms with Crippen molar-refractivity contribution in [2.75, 3.05) is 6.61 Å². The smallest absolute Gasteiger partial charge is 0.331 e. The van der Waals surface area contributed by atoms with Gasteiger partial charge in [0, 0.05) is 11.1 Å². The molecule has 1 aliphatic rings. The minimum Gasteiger partial charge on any atom is -0.493 e. The first-order chi connectivity index (χ1) is 7.27. The van der Waals surface area contributed by atoms with Gasteiger partial charge in [-0.05, 0) is 25.0 Å². The van der Waals surface area contributed by atoms with Crippen LogP contribution in [0.4, 0.5) is 0 Å². The molecule has 0 aliphatic carbocycles. The molecular weight excluding hydrogens is 192 g/mol. The number of hydrogen-bond acceptors (Lipinski definition) is 2. The summed E-state index contributed by atoms with van der Waals surface area (Å²) in [7, 11) is 0. The van der Waals surface area contributed by atoms with Gasteiger partial charge in [-0.2, -0.15) is 0 Å². The van der Waals surface area contributed by atoms with Gasteiger partial charge in [0.25, 0.3) is 0 Å². The fraction of sp³-hybridized carbons (Fsp3) is 0.250. The van der Waals surface area contributed by atoms with Gasteiger partial charge < -0.3 is 9.84 Å². The van der Waals surface area contributed by atoms with Crippen molar-refractivity contribution in [3.63, 3.8) is 0 Å². The lowest BCUT2D eigenvalue weighted by Gasteiger charge is -2.13. The highest BCUT2D eigenvalue weighted by Crippen LogP contribution is 2.24. The van der Waals surface area contributed by atoms with Gasteiger partial charge in [0.1, 0.15) is 5.75 Å². The van der Waals surface area contributed by atoms with Crippen LogP contribution in [0.25, 0.3) is 6.08 Å². The molecule has 0 saturated carbocycles. The normalized spacial score (nSPS) is 18.8. The topological polar surface area (TPSA) is 46.5 Å². The maximum atomic E-state index is 10.9. The molecule has 1 aromatic rings. The molecule has 0 saturated heterocycles. The molecule has 0 unspecified atom stereocenters. The van der Waals surface area contributed by atoms with E-state index in [1.165, 1.54) is 0 Å². The summed E-state index contributed by atoms with van der Waals surface area (Å²) >= 11 is 0. The third-order valence-electron chi connectivity index (χ3n) is 2.37. The zero-order chi connectivity index (χ0) is 10.7. The van der Waals surface area contributed by atoms with Crippen LogP contribution in [0.2, 0.25) is 0 Å². The predicted molar refractivity (Wildman–Crippen MR) is 56.8 cm³/mol. The number of carboxylic acid groups (broad SMARTS) is 1. The fourth-order valence-electron chi connectivity index (χ4n) is 1.60. The van der Waals surface area contributed by atoms with Crippen LogP contribution in [0, 0.1) is 0 Å². The van der Waals surface area contributed by atoms with Crippen molar-refractivity contribution in [2.24, 2.45) is 0 Å². The number of rotatable bonds is 1. The van der Waals surface area contributed by atoms with E-state index in [0.29, 0.717) is 18.6 Å². The number of para-hydroxylation sites is 1. The molecule has 1 aliphatic heterocycles. The van der Waals surface area contributed by atoms with E-state index < -0.39 is 5.97 Å². The number of ether oxygens (including phenoxy) is 1. The van der Waals surface area contributed by atoms with Gasteiger partial charge in [-0.25, -0.2) is 4.79 Å². The summed E-state index contributed by atoms with van der Waals surface area (Å²) in [5, 5.41) is 8.97. The van der Waals surface area contributed by atoms with E-state index in [1.54, 1.807) is 6.08 Å². The van der Waals surface area contributed by atoms with Crippen LogP contribution in [-0.4, -0.2) is 17.7 Å². The first-order valence-corrected chi connectivity index (χ1v) is 4.93. The van der Waals surface area contributed by atoms with Crippen molar-refractivity contribution in [3.8, 4) is 5.75 Å². The molecule has 1 heterocycles.